The minimum atomic E-state index is -0.485. The number of halogens is 1. The molecular weight excluding hydrogens is 390 g/mol. The maximum atomic E-state index is 11.9. The van der Waals surface area contributed by atoms with Gasteiger partial charge in [0.25, 0.3) is 5.69 Å². The van der Waals surface area contributed by atoms with E-state index in [-0.39, 0.29) is 17.3 Å². The lowest BCUT2D eigenvalue weighted by atomic mass is 10.3. The van der Waals surface area contributed by atoms with Gasteiger partial charge in [-0.2, -0.15) is 0 Å². The van der Waals surface area contributed by atoms with E-state index < -0.39 is 4.92 Å². The van der Waals surface area contributed by atoms with Crippen LogP contribution in [0.25, 0.3) is 0 Å². The number of amides is 1. The number of anilines is 1. The van der Waals surface area contributed by atoms with Crippen molar-refractivity contribution in [2.75, 3.05) is 24.2 Å². The second-order valence-electron chi connectivity index (χ2n) is 4.72. The third kappa shape index (κ3) is 4.65. The van der Waals surface area contributed by atoms with Crippen LogP contribution < -0.4 is 5.32 Å². The van der Waals surface area contributed by atoms with Gasteiger partial charge in [0, 0.05) is 29.7 Å². The molecule has 0 spiro atoms. The maximum Gasteiger partial charge on any atom is 0.270 e. The summed E-state index contributed by atoms with van der Waals surface area (Å²) in [6, 6.07) is 4.21. The van der Waals surface area contributed by atoms with Crippen molar-refractivity contribution in [2.24, 2.45) is 0 Å². The molecular formula is C13H14BrN3O3S2. The molecule has 1 aromatic rings. The van der Waals surface area contributed by atoms with Crippen LogP contribution >= 0.6 is 39.9 Å². The Morgan fingerprint density at radius 2 is 2.14 bits per heavy atom. The fourth-order valence-corrected chi connectivity index (χ4v) is 3.54. The smallest absolute Gasteiger partial charge is 0.270 e. The van der Waals surface area contributed by atoms with Crippen molar-refractivity contribution < 1.29 is 9.72 Å². The fraction of sp³-hybridized carbons (Fsp3) is 0.385. The van der Waals surface area contributed by atoms with Crippen molar-refractivity contribution in [1.29, 1.82) is 0 Å². The molecule has 22 heavy (non-hydrogen) atoms. The number of carbonyl (C=O) groups is 1. The summed E-state index contributed by atoms with van der Waals surface area (Å²) in [6.07, 6.45) is 2.28. The first kappa shape index (κ1) is 17.2. The summed E-state index contributed by atoms with van der Waals surface area (Å²) in [4.78, 5) is 24.2. The number of benzene rings is 1. The summed E-state index contributed by atoms with van der Waals surface area (Å²) in [6.45, 7) is 1.92. The highest BCUT2D eigenvalue weighted by molar-refractivity contribution is 9.10. The maximum absolute atomic E-state index is 11.9. The fourth-order valence-electron chi connectivity index (χ4n) is 2.02. The Morgan fingerprint density at radius 3 is 2.73 bits per heavy atom. The minimum absolute atomic E-state index is 0.0329. The predicted octanol–water partition coefficient (Wildman–Crippen LogP) is 3.41. The second-order valence-corrected chi connectivity index (χ2v) is 7.18. The van der Waals surface area contributed by atoms with Gasteiger partial charge in [-0.1, -0.05) is 24.0 Å². The van der Waals surface area contributed by atoms with E-state index in [1.165, 1.54) is 30.0 Å². The average molecular weight is 404 g/mol. The monoisotopic (exact) mass is 403 g/mol. The number of rotatable bonds is 4. The van der Waals surface area contributed by atoms with Gasteiger partial charge in [-0.25, -0.2) is 0 Å². The highest BCUT2D eigenvalue weighted by atomic mass is 79.9. The van der Waals surface area contributed by atoms with E-state index >= 15 is 0 Å². The summed E-state index contributed by atoms with van der Waals surface area (Å²) >= 11 is 9.85. The van der Waals surface area contributed by atoms with Crippen molar-refractivity contribution in [3.63, 3.8) is 0 Å². The van der Waals surface area contributed by atoms with Crippen molar-refractivity contribution in [3.05, 3.63) is 32.8 Å². The standard InChI is InChI=1S/C13H14BrN3O3S2/c14-10-7-9(17(19)20)3-4-11(10)15-12(18)8-22-13(21)16-5-1-2-6-16/h3-4,7H,1-2,5-6,8H2,(H,15,18). The van der Waals surface area contributed by atoms with Crippen molar-refractivity contribution in [1.82, 2.24) is 4.90 Å². The van der Waals surface area contributed by atoms with E-state index in [2.05, 4.69) is 26.1 Å². The Morgan fingerprint density at radius 1 is 1.45 bits per heavy atom. The van der Waals surface area contributed by atoms with Crippen molar-refractivity contribution >= 4 is 61.5 Å². The normalized spacial score (nSPS) is 14.0. The van der Waals surface area contributed by atoms with Crippen LogP contribution in [0.3, 0.4) is 0 Å². The molecule has 1 amide bonds. The summed E-state index contributed by atoms with van der Waals surface area (Å²) in [7, 11) is 0. The molecule has 1 heterocycles. The number of thiocarbonyl (C=S) groups is 1. The van der Waals surface area contributed by atoms with Crippen molar-refractivity contribution in [2.45, 2.75) is 12.8 Å². The van der Waals surface area contributed by atoms with Crippen molar-refractivity contribution in [3.8, 4) is 0 Å². The molecule has 2 rings (SSSR count). The molecule has 1 aliphatic heterocycles. The number of non-ortho nitro benzene ring substituents is 1. The molecule has 0 bridgehead atoms. The molecule has 0 atom stereocenters. The Kier molecular flexibility index (Phi) is 6.16. The predicted molar refractivity (Wildman–Crippen MR) is 95.3 cm³/mol. The summed E-state index contributed by atoms with van der Waals surface area (Å²) in [5.74, 6) is 0.0276. The zero-order valence-corrected chi connectivity index (χ0v) is 14.8. The van der Waals surface area contributed by atoms with Crippen LogP contribution in [-0.4, -0.2) is 38.9 Å². The molecule has 1 saturated heterocycles. The molecule has 0 radical (unpaired) electrons. The molecule has 118 valence electrons. The Labute approximate surface area is 145 Å². The van der Waals surface area contributed by atoms with Crippen LogP contribution in [0, 0.1) is 10.1 Å². The molecule has 9 heteroatoms. The van der Waals surface area contributed by atoms with E-state index in [0.29, 0.717) is 10.2 Å². The van der Waals surface area contributed by atoms with Crippen LogP contribution in [0.15, 0.2) is 22.7 Å². The number of nitrogens with zero attached hydrogens (tertiary/aromatic N) is 2. The molecule has 1 fully saturated rings. The van der Waals surface area contributed by atoms with Crippen LogP contribution in [-0.2, 0) is 4.79 Å². The molecule has 0 aromatic heterocycles. The highest BCUT2D eigenvalue weighted by Crippen LogP contribution is 2.27. The van der Waals surface area contributed by atoms with Crippen LogP contribution in [0.1, 0.15) is 12.8 Å². The van der Waals surface area contributed by atoms with E-state index in [1.54, 1.807) is 0 Å². The summed E-state index contributed by atoms with van der Waals surface area (Å²) < 4.78 is 1.22. The molecule has 0 unspecified atom stereocenters. The third-order valence-corrected chi connectivity index (χ3v) is 5.31. The lowest BCUT2D eigenvalue weighted by molar-refractivity contribution is -0.384. The number of carbonyl (C=O) groups excluding carboxylic acids is 1. The van der Waals surface area contributed by atoms with Gasteiger partial charge in [-0.15, -0.1) is 0 Å². The first-order chi connectivity index (χ1) is 10.5. The van der Waals surface area contributed by atoms with Gasteiger partial charge >= 0.3 is 0 Å². The Hall–Kier alpha value is -1.19. The first-order valence-corrected chi connectivity index (χ1v) is 8.81. The van der Waals surface area contributed by atoms with Gasteiger partial charge in [0.1, 0.15) is 4.32 Å². The molecule has 1 N–H and O–H groups in total. The van der Waals surface area contributed by atoms with Gasteiger partial charge in [0.15, 0.2) is 0 Å². The molecule has 6 nitrogen and oxygen atoms in total. The average Bonchev–Trinajstić information content (AvgIpc) is 3.01. The van der Waals surface area contributed by atoms with Crippen LogP contribution in [0.5, 0.6) is 0 Å². The lowest BCUT2D eigenvalue weighted by Gasteiger charge is -2.17. The van der Waals surface area contributed by atoms with E-state index in [0.717, 1.165) is 30.3 Å². The number of likely N-dealkylation sites (tertiary alicyclic amines) is 1. The van der Waals surface area contributed by atoms with Gasteiger partial charge in [-0.05, 0) is 34.8 Å². The third-order valence-electron chi connectivity index (χ3n) is 3.13. The topological polar surface area (TPSA) is 75.5 Å². The number of hydrogen-bond donors (Lipinski definition) is 1. The van der Waals surface area contributed by atoms with Crippen LogP contribution in [0.4, 0.5) is 11.4 Å². The largest absolute Gasteiger partial charge is 0.358 e. The number of nitro benzene ring substituents is 1. The number of hydrogen-bond acceptors (Lipinski definition) is 5. The van der Waals surface area contributed by atoms with Gasteiger partial charge in [0.05, 0.1) is 16.4 Å². The number of nitro groups is 1. The first-order valence-electron chi connectivity index (χ1n) is 6.63. The van der Waals surface area contributed by atoms with E-state index in [1.807, 2.05) is 0 Å². The van der Waals surface area contributed by atoms with Crippen LogP contribution in [0.2, 0.25) is 0 Å². The zero-order chi connectivity index (χ0) is 16.1. The van der Waals surface area contributed by atoms with Gasteiger partial charge in [-0.3, -0.25) is 14.9 Å². The van der Waals surface area contributed by atoms with Gasteiger partial charge in [0.2, 0.25) is 5.91 Å². The second kappa shape index (κ2) is 7.89. The SMILES string of the molecule is O=C(CSC(=S)N1CCCC1)Nc1ccc([N+](=O)[O-])cc1Br. The number of thioether (sulfide) groups is 1. The zero-order valence-electron chi connectivity index (χ0n) is 11.6. The molecule has 0 saturated carbocycles. The lowest BCUT2D eigenvalue weighted by Crippen LogP contribution is -2.25. The molecule has 1 aliphatic rings. The quantitative estimate of drug-likeness (QED) is 0.471. The minimum Gasteiger partial charge on any atom is -0.358 e. The Bertz CT molecular complexity index is 606. The Balaban J connectivity index is 1.86. The van der Waals surface area contributed by atoms with E-state index in [9.17, 15) is 14.9 Å². The molecule has 1 aromatic carbocycles. The summed E-state index contributed by atoms with van der Waals surface area (Å²) in [5.41, 5.74) is 0.470. The molecule has 0 aliphatic carbocycles. The number of nitrogens with one attached hydrogen (secondary N) is 1. The van der Waals surface area contributed by atoms with E-state index in [4.69, 9.17) is 12.2 Å². The van der Waals surface area contributed by atoms with Gasteiger partial charge < -0.3 is 10.2 Å². The highest BCUT2D eigenvalue weighted by Gasteiger charge is 2.17. The summed E-state index contributed by atoms with van der Waals surface area (Å²) in [5, 5.41) is 13.4.